The maximum absolute atomic E-state index is 15.2. The number of pyridine rings is 1. The summed E-state index contributed by atoms with van der Waals surface area (Å²) in [6, 6.07) is 14.4. The van der Waals surface area contributed by atoms with Crippen molar-refractivity contribution in [2.75, 3.05) is 7.11 Å². The standard InChI is InChI=1S/C22H14FNO2/c1-11-7-8-14-18-17(12-5-3-4-6-13(12)22(14)25)19-15(24-21(11)18)9-10-16(26-2)20(19)23/h3-10H,1-2H3. The summed E-state index contributed by atoms with van der Waals surface area (Å²) in [5.74, 6) is -0.341. The molecule has 5 rings (SSSR count). The first-order chi connectivity index (χ1) is 12.6. The molecule has 4 heteroatoms. The van der Waals surface area contributed by atoms with Crippen molar-refractivity contribution in [2.45, 2.75) is 6.92 Å². The lowest BCUT2D eigenvalue weighted by molar-refractivity contribution is 0.104. The van der Waals surface area contributed by atoms with E-state index in [2.05, 4.69) is 4.98 Å². The zero-order valence-corrected chi connectivity index (χ0v) is 14.3. The van der Waals surface area contributed by atoms with Crippen LogP contribution in [0.4, 0.5) is 4.39 Å². The van der Waals surface area contributed by atoms with Crippen LogP contribution in [0.25, 0.3) is 32.9 Å². The average Bonchev–Trinajstić information content (AvgIpc) is 2.67. The predicted molar refractivity (Wildman–Crippen MR) is 99.4 cm³/mol. The molecule has 0 saturated heterocycles. The van der Waals surface area contributed by atoms with E-state index in [1.807, 2.05) is 37.3 Å². The minimum atomic E-state index is -0.453. The van der Waals surface area contributed by atoms with E-state index in [1.165, 1.54) is 7.11 Å². The molecule has 0 unspecified atom stereocenters. The van der Waals surface area contributed by atoms with Crippen LogP contribution in [0.5, 0.6) is 5.75 Å². The molecule has 1 heterocycles. The van der Waals surface area contributed by atoms with Crippen molar-refractivity contribution in [1.82, 2.24) is 4.98 Å². The van der Waals surface area contributed by atoms with Gasteiger partial charge in [0.15, 0.2) is 17.3 Å². The topological polar surface area (TPSA) is 39.2 Å². The fourth-order valence-corrected chi connectivity index (χ4v) is 3.88. The minimum absolute atomic E-state index is 0.0532. The van der Waals surface area contributed by atoms with Gasteiger partial charge in [-0.25, -0.2) is 9.37 Å². The molecule has 1 aromatic heterocycles. The molecule has 26 heavy (non-hydrogen) atoms. The van der Waals surface area contributed by atoms with Crippen LogP contribution in [-0.2, 0) is 0 Å². The monoisotopic (exact) mass is 343 g/mol. The highest BCUT2D eigenvalue weighted by Crippen LogP contribution is 2.45. The van der Waals surface area contributed by atoms with Crippen molar-refractivity contribution in [3.8, 4) is 16.9 Å². The van der Waals surface area contributed by atoms with Gasteiger partial charge in [-0.05, 0) is 36.2 Å². The Balaban J connectivity index is 2.14. The molecule has 0 aliphatic heterocycles. The fraction of sp³-hybridized carbons (Fsp3) is 0.0909. The Kier molecular flexibility index (Phi) is 2.95. The van der Waals surface area contributed by atoms with Crippen molar-refractivity contribution in [3.05, 3.63) is 71.0 Å². The van der Waals surface area contributed by atoms with E-state index in [1.54, 1.807) is 18.2 Å². The summed E-state index contributed by atoms with van der Waals surface area (Å²) in [7, 11) is 1.44. The second kappa shape index (κ2) is 5.11. The van der Waals surface area contributed by atoms with Crippen molar-refractivity contribution in [1.29, 1.82) is 0 Å². The molecule has 3 nitrogen and oxygen atoms in total. The number of fused-ring (bicyclic) bond motifs is 4. The number of hydrogen-bond donors (Lipinski definition) is 0. The van der Waals surface area contributed by atoms with Crippen molar-refractivity contribution >= 4 is 27.6 Å². The van der Waals surface area contributed by atoms with E-state index in [0.29, 0.717) is 27.4 Å². The molecule has 126 valence electrons. The van der Waals surface area contributed by atoms with Crippen LogP contribution in [0.15, 0.2) is 48.5 Å². The first-order valence-corrected chi connectivity index (χ1v) is 8.35. The van der Waals surface area contributed by atoms with Gasteiger partial charge in [-0.1, -0.05) is 30.3 Å². The highest BCUT2D eigenvalue weighted by atomic mass is 19.1. The maximum atomic E-state index is 15.2. The Hall–Kier alpha value is -3.27. The lowest BCUT2D eigenvalue weighted by Crippen LogP contribution is -2.11. The van der Waals surface area contributed by atoms with E-state index in [0.717, 1.165) is 22.2 Å². The molecule has 0 saturated carbocycles. The van der Waals surface area contributed by atoms with Gasteiger partial charge in [-0.2, -0.15) is 0 Å². The lowest BCUT2D eigenvalue weighted by atomic mass is 9.81. The van der Waals surface area contributed by atoms with E-state index in [-0.39, 0.29) is 11.5 Å². The quantitative estimate of drug-likeness (QED) is 0.400. The van der Waals surface area contributed by atoms with Gasteiger partial charge in [0.25, 0.3) is 0 Å². The van der Waals surface area contributed by atoms with Crippen LogP contribution in [0.3, 0.4) is 0 Å². The SMILES string of the molecule is COc1ccc2nc3c(C)ccc4c3c(c2c1F)-c1ccccc1C4=O. The molecule has 0 radical (unpaired) electrons. The maximum Gasteiger partial charge on any atom is 0.194 e. The number of aryl methyl sites for hydroxylation is 1. The zero-order valence-electron chi connectivity index (χ0n) is 14.3. The number of hydrogen-bond acceptors (Lipinski definition) is 3. The van der Waals surface area contributed by atoms with Crippen LogP contribution >= 0.6 is 0 Å². The number of aromatic nitrogens is 1. The molecule has 3 aromatic carbocycles. The fourth-order valence-electron chi connectivity index (χ4n) is 3.88. The number of rotatable bonds is 1. The average molecular weight is 343 g/mol. The van der Waals surface area contributed by atoms with Gasteiger partial charge in [0.1, 0.15) is 0 Å². The third kappa shape index (κ3) is 1.76. The summed E-state index contributed by atoms with van der Waals surface area (Å²) < 4.78 is 20.4. The van der Waals surface area contributed by atoms with E-state index < -0.39 is 5.82 Å². The Labute approximate surface area is 149 Å². The van der Waals surface area contributed by atoms with Crippen molar-refractivity contribution < 1.29 is 13.9 Å². The van der Waals surface area contributed by atoms with Gasteiger partial charge in [0, 0.05) is 27.5 Å². The summed E-state index contributed by atoms with van der Waals surface area (Å²) in [6.45, 7) is 1.95. The van der Waals surface area contributed by atoms with Crippen LogP contribution in [0.2, 0.25) is 0 Å². The number of methoxy groups -OCH3 is 1. The van der Waals surface area contributed by atoms with Gasteiger partial charge >= 0.3 is 0 Å². The van der Waals surface area contributed by atoms with Crippen LogP contribution < -0.4 is 4.74 Å². The Bertz CT molecular complexity index is 1260. The molecule has 0 spiro atoms. The molecule has 0 fully saturated rings. The summed E-state index contributed by atoms with van der Waals surface area (Å²) in [5.41, 5.74) is 4.84. The number of carbonyl (C=O) groups is 1. The van der Waals surface area contributed by atoms with E-state index >= 15 is 4.39 Å². The molecule has 1 aliphatic carbocycles. The second-order valence-corrected chi connectivity index (χ2v) is 6.49. The van der Waals surface area contributed by atoms with Gasteiger partial charge in [-0.3, -0.25) is 4.79 Å². The van der Waals surface area contributed by atoms with Crippen LogP contribution in [0.1, 0.15) is 21.5 Å². The molecule has 0 amide bonds. The summed E-state index contributed by atoms with van der Waals surface area (Å²) in [6.07, 6.45) is 0. The Morgan fingerprint density at radius 2 is 1.69 bits per heavy atom. The molecule has 0 N–H and O–H groups in total. The van der Waals surface area contributed by atoms with Crippen LogP contribution in [-0.4, -0.2) is 17.9 Å². The molecule has 1 aliphatic rings. The summed E-state index contributed by atoms with van der Waals surface area (Å²) >= 11 is 0. The van der Waals surface area contributed by atoms with Crippen LogP contribution in [0, 0.1) is 12.7 Å². The first kappa shape index (κ1) is 15.0. The smallest absolute Gasteiger partial charge is 0.194 e. The minimum Gasteiger partial charge on any atom is -0.494 e. The predicted octanol–water partition coefficient (Wildman–Crippen LogP) is 5.06. The van der Waals surface area contributed by atoms with E-state index in [4.69, 9.17) is 4.74 Å². The number of benzene rings is 3. The van der Waals surface area contributed by atoms with Gasteiger partial charge in [-0.15, -0.1) is 0 Å². The first-order valence-electron chi connectivity index (χ1n) is 8.35. The second-order valence-electron chi connectivity index (χ2n) is 6.49. The summed E-state index contributed by atoms with van der Waals surface area (Å²) in [4.78, 5) is 17.7. The molecule has 0 atom stereocenters. The number of ether oxygens (including phenoxy) is 1. The van der Waals surface area contributed by atoms with E-state index in [9.17, 15) is 4.79 Å². The highest BCUT2D eigenvalue weighted by Gasteiger charge is 2.29. The van der Waals surface area contributed by atoms with Gasteiger partial charge in [0.2, 0.25) is 0 Å². The van der Waals surface area contributed by atoms with Gasteiger partial charge in [0.05, 0.1) is 18.1 Å². The molecular weight excluding hydrogens is 329 g/mol. The Morgan fingerprint density at radius 3 is 2.46 bits per heavy atom. The number of ketones is 1. The molecule has 0 bridgehead atoms. The number of nitrogens with zero attached hydrogens (tertiary/aromatic N) is 1. The van der Waals surface area contributed by atoms with Crippen molar-refractivity contribution in [2.24, 2.45) is 0 Å². The number of halogens is 1. The molecule has 4 aromatic rings. The van der Waals surface area contributed by atoms with Gasteiger partial charge < -0.3 is 4.74 Å². The lowest BCUT2D eigenvalue weighted by Gasteiger charge is -2.22. The largest absolute Gasteiger partial charge is 0.494 e. The van der Waals surface area contributed by atoms with Crippen molar-refractivity contribution in [3.63, 3.8) is 0 Å². The summed E-state index contributed by atoms with van der Waals surface area (Å²) in [5, 5.41) is 1.11. The third-order valence-corrected chi connectivity index (χ3v) is 5.10. The zero-order chi connectivity index (χ0) is 18.0. The molecular formula is C22H14FNO2. The Morgan fingerprint density at radius 1 is 0.923 bits per heavy atom. The number of carbonyl (C=O) groups excluding carboxylic acids is 1. The normalized spacial score (nSPS) is 12.5. The third-order valence-electron chi connectivity index (χ3n) is 5.10. The highest BCUT2D eigenvalue weighted by molar-refractivity contribution is 6.29.